The lowest BCUT2D eigenvalue weighted by Gasteiger charge is -2.28. The van der Waals surface area contributed by atoms with Gasteiger partial charge < -0.3 is 5.11 Å². The molecule has 0 saturated carbocycles. The van der Waals surface area contributed by atoms with Crippen molar-refractivity contribution in [2.75, 3.05) is 0 Å². The molecule has 2 aromatic rings. The number of hydrogen-bond acceptors (Lipinski definition) is 3. The minimum atomic E-state index is -4.53. The SMILES string of the molecule is CCCCCC(C)(C)c1cc(C(C)c2ccccc2)c(O)c(S(=O)(=O)O)c1. The Morgan fingerprint density at radius 1 is 1.07 bits per heavy atom. The third-order valence-corrected chi connectivity index (χ3v) is 6.20. The molecule has 4 nitrogen and oxygen atoms in total. The molecule has 1 atom stereocenters. The predicted molar refractivity (Wildman–Crippen MR) is 109 cm³/mol. The highest BCUT2D eigenvalue weighted by molar-refractivity contribution is 7.86. The second-order valence-electron chi connectivity index (χ2n) is 7.86. The summed E-state index contributed by atoms with van der Waals surface area (Å²) in [6.45, 7) is 8.20. The molecule has 2 aromatic carbocycles. The van der Waals surface area contributed by atoms with Gasteiger partial charge in [-0.05, 0) is 29.0 Å². The number of phenols is 1. The van der Waals surface area contributed by atoms with Gasteiger partial charge in [-0.25, -0.2) is 0 Å². The van der Waals surface area contributed by atoms with Crippen molar-refractivity contribution in [1.82, 2.24) is 0 Å². The van der Waals surface area contributed by atoms with E-state index >= 15 is 0 Å². The van der Waals surface area contributed by atoms with Crippen LogP contribution in [0.5, 0.6) is 5.75 Å². The van der Waals surface area contributed by atoms with E-state index in [1.807, 2.05) is 43.3 Å². The lowest BCUT2D eigenvalue weighted by molar-refractivity contribution is 0.426. The number of unbranched alkanes of at least 4 members (excludes halogenated alkanes) is 2. The first-order valence-electron chi connectivity index (χ1n) is 9.47. The number of hydrogen-bond donors (Lipinski definition) is 2. The lowest BCUT2D eigenvalue weighted by Crippen LogP contribution is -2.19. The molecule has 0 amide bonds. The van der Waals surface area contributed by atoms with Gasteiger partial charge in [-0.1, -0.05) is 83.4 Å². The second kappa shape index (κ2) is 8.44. The van der Waals surface area contributed by atoms with E-state index in [1.54, 1.807) is 0 Å². The van der Waals surface area contributed by atoms with Crippen LogP contribution in [0.25, 0.3) is 0 Å². The minimum Gasteiger partial charge on any atom is -0.506 e. The fourth-order valence-corrected chi connectivity index (χ4v) is 4.07. The lowest BCUT2D eigenvalue weighted by atomic mass is 9.78. The predicted octanol–water partition coefficient (Wildman–Crippen LogP) is 5.65. The maximum atomic E-state index is 11.9. The van der Waals surface area contributed by atoms with E-state index in [-0.39, 0.29) is 17.1 Å². The summed E-state index contributed by atoms with van der Waals surface area (Å²) in [4.78, 5) is -0.415. The van der Waals surface area contributed by atoms with Crippen molar-refractivity contribution in [3.05, 3.63) is 59.2 Å². The van der Waals surface area contributed by atoms with Crippen LogP contribution in [0.15, 0.2) is 47.4 Å². The van der Waals surface area contributed by atoms with E-state index in [4.69, 9.17) is 0 Å². The van der Waals surface area contributed by atoms with Crippen LogP contribution in [0.1, 0.15) is 76.0 Å². The first kappa shape index (κ1) is 21.5. The topological polar surface area (TPSA) is 74.6 Å². The molecule has 0 radical (unpaired) electrons. The zero-order valence-corrected chi connectivity index (χ0v) is 17.4. The summed E-state index contributed by atoms with van der Waals surface area (Å²) in [5, 5.41) is 10.6. The summed E-state index contributed by atoms with van der Waals surface area (Å²) in [5.41, 5.74) is 2.01. The second-order valence-corrected chi connectivity index (χ2v) is 9.25. The minimum absolute atomic E-state index is 0.210. The van der Waals surface area contributed by atoms with Gasteiger partial charge in [-0.2, -0.15) is 8.42 Å². The Kier molecular flexibility index (Phi) is 6.71. The fourth-order valence-electron chi connectivity index (χ4n) is 3.43. The van der Waals surface area contributed by atoms with Crippen LogP contribution in [-0.2, 0) is 15.5 Å². The normalized spacial score (nSPS) is 13.5. The Morgan fingerprint density at radius 2 is 1.70 bits per heavy atom. The van der Waals surface area contributed by atoms with Crippen molar-refractivity contribution in [1.29, 1.82) is 0 Å². The van der Waals surface area contributed by atoms with Gasteiger partial charge in [-0.3, -0.25) is 4.55 Å². The van der Waals surface area contributed by atoms with Gasteiger partial charge in [0, 0.05) is 11.5 Å². The molecular weight excluding hydrogens is 360 g/mol. The summed E-state index contributed by atoms with van der Waals surface area (Å²) in [5.74, 6) is -0.583. The van der Waals surface area contributed by atoms with Crippen molar-refractivity contribution in [2.24, 2.45) is 0 Å². The summed E-state index contributed by atoms with van der Waals surface area (Å²) in [6.07, 6.45) is 4.16. The van der Waals surface area contributed by atoms with Crippen molar-refractivity contribution in [2.45, 2.75) is 69.6 Å². The molecule has 0 aliphatic rings. The Labute approximate surface area is 163 Å². The largest absolute Gasteiger partial charge is 0.506 e. The first-order valence-corrected chi connectivity index (χ1v) is 10.9. The summed E-state index contributed by atoms with van der Waals surface area (Å²) in [7, 11) is -4.53. The van der Waals surface area contributed by atoms with Crippen LogP contribution in [0.4, 0.5) is 0 Å². The molecule has 0 aromatic heterocycles. The van der Waals surface area contributed by atoms with Gasteiger partial charge in [0.15, 0.2) is 0 Å². The van der Waals surface area contributed by atoms with Gasteiger partial charge in [0.05, 0.1) is 0 Å². The molecule has 0 saturated heterocycles. The van der Waals surface area contributed by atoms with E-state index in [1.165, 1.54) is 6.07 Å². The molecule has 0 aliphatic carbocycles. The molecule has 148 valence electrons. The number of aromatic hydroxyl groups is 1. The molecule has 0 aliphatic heterocycles. The molecule has 2 N–H and O–H groups in total. The van der Waals surface area contributed by atoms with E-state index < -0.39 is 15.0 Å². The molecule has 0 spiro atoms. The Balaban J connectivity index is 2.59. The maximum absolute atomic E-state index is 11.9. The molecule has 0 heterocycles. The van der Waals surface area contributed by atoms with Gasteiger partial charge in [-0.15, -0.1) is 0 Å². The Bertz CT molecular complexity index is 871. The maximum Gasteiger partial charge on any atom is 0.298 e. The molecule has 5 heteroatoms. The average Bonchev–Trinajstić information content (AvgIpc) is 2.61. The van der Waals surface area contributed by atoms with Crippen molar-refractivity contribution in [3.63, 3.8) is 0 Å². The molecule has 0 fully saturated rings. The van der Waals surface area contributed by atoms with Gasteiger partial charge in [0.1, 0.15) is 10.6 Å². The standard InChI is InChI=1S/C22H30O4S/c1-5-6-10-13-22(3,4)18-14-19(16(2)17-11-8-7-9-12-17)21(23)20(15-18)27(24,25)26/h7-9,11-12,14-16,23H,5-6,10,13H2,1-4H3,(H,24,25,26). The zero-order chi connectivity index (χ0) is 20.2. The Morgan fingerprint density at radius 3 is 2.26 bits per heavy atom. The number of benzene rings is 2. The molecule has 2 rings (SSSR count). The number of phenolic OH excluding ortho intramolecular Hbond substituents is 1. The third-order valence-electron chi connectivity index (χ3n) is 5.34. The van der Waals surface area contributed by atoms with Gasteiger partial charge in [0.2, 0.25) is 0 Å². The van der Waals surface area contributed by atoms with Crippen LogP contribution in [0.3, 0.4) is 0 Å². The zero-order valence-electron chi connectivity index (χ0n) is 16.6. The van der Waals surface area contributed by atoms with Crippen LogP contribution < -0.4 is 0 Å². The quantitative estimate of drug-likeness (QED) is 0.451. The summed E-state index contributed by atoms with van der Waals surface area (Å²) >= 11 is 0. The molecule has 27 heavy (non-hydrogen) atoms. The Hall–Kier alpha value is -1.85. The smallest absolute Gasteiger partial charge is 0.298 e. The molecule has 0 bridgehead atoms. The fraction of sp³-hybridized carbons (Fsp3) is 0.455. The van der Waals surface area contributed by atoms with E-state index in [0.717, 1.165) is 36.8 Å². The van der Waals surface area contributed by atoms with E-state index in [2.05, 4.69) is 20.8 Å². The van der Waals surface area contributed by atoms with Crippen molar-refractivity contribution < 1.29 is 18.1 Å². The van der Waals surface area contributed by atoms with Crippen molar-refractivity contribution in [3.8, 4) is 5.75 Å². The van der Waals surface area contributed by atoms with E-state index in [9.17, 15) is 18.1 Å². The highest BCUT2D eigenvalue weighted by Gasteiger charge is 2.28. The summed E-state index contributed by atoms with van der Waals surface area (Å²) in [6, 6.07) is 12.9. The number of rotatable bonds is 8. The van der Waals surface area contributed by atoms with Crippen LogP contribution >= 0.6 is 0 Å². The highest BCUT2D eigenvalue weighted by Crippen LogP contribution is 2.40. The molecular formula is C22H30O4S. The van der Waals surface area contributed by atoms with Crippen LogP contribution in [-0.4, -0.2) is 18.1 Å². The average molecular weight is 391 g/mol. The van der Waals surface area contributed by atoms with Gasteiger partial charge >= 0.3 is 0 Å². The van der Waals surface area contributed by atoms with Crippen molar-refractivity contribution >= 4 is 10.1 Å². The summed E-state index contributed by atoms with van der Waals surface area (Å²) < 4.78 is 33.5. The van der Waals surface area contributed by atoms with Gasteiger partial charge in [0.25, 0.3) is 10.1 Å². The molecule has 1 unspecified atom stereocenters. The monoisotopic (exact) mass is 390 g/mol. The van der Waals surface area contributed by atoms with E-state index in [0.29, 0.717) is 5.56 Å². The van der Waals surface area contributed by atoms with Crippen LogP contribution in [0, 0.1) is 0 Å². The third kappa shape index (κ3) is 5.11. The highest BCUT2D eigenvalue weighted by atomic mass is 32.2. The first-order chi connectivity index (χ1) is 12.6. The van der Waals surface area contributed by atoms with Crippen LogP contribution in [0.2, 0.25) is 0 Å².